The van der Waals surface area contributed by atoms with Crippen LogP contribution in [0.5, 0.6) is 5.75 Å². The van der Waals surface area contributed by atoms with Gasteiger partial charge in [-0.15, -0.1) is 0 Å². The molecule has 0 bridgehead atoms. The van der Waals surface area contributed by atoms with Crippen molar-refractivity contribution in [3.8, 4) is 5.75 Å². The van der Waals surface area contributed by atoms with Crippen LogP contribution in [0, 0.1) is 0 Å². The van der Waals surface area contributed by atoms with Crippen LogP contribution in [0.3, 0.4) is 0 Å². The maximum Gasteiger partial charge on any atom is 0.150 e. The van der Waals surface area contributed by atoms with Gasteiger partial charge in [-0.2, -0.15) is 0 Å². The van der Waals surface area contributed by atoms with Crippen molar-refractivity contribution in [3.63, 3.8) is 0 Å². The average molecular weight is 260 g/mol. The van der Waals surface area contributed by atoms with Gasteiger partial charge in [-0.3, -0.25) is 4.90 Å². The normalized spacial score (nSPS) is 12.6. The number of likely N-dealkylation sites (N-methyl/N-ethyl adjacent to an activating group) is 1. The zero-order valence-corrected chi connectivity index (χ0v) is 11.7. The molecule has 0 fully saturated rings. The van der Waals surface area contributed by atoms with E-state index in [1.165, 1.54) is 5.56 Å². The Morgan fingerprint density at radius 2 is 2.11 bits per heavy atom. The van der Waals surface area contributed by atoms with Crippen molar-refractivity contribution < 1.29 is 9.26 Å². The highest BCUT2D eigenvalue weighted by Gasteiger charge is 2.14. The number of hydrogen-bond donors (Lipinski definition) is 0. The molecule has 0 radical (unpaired) electrons. The number of ether oxygens (including phenoxy) is 1. The molecule has 2 rings (SSSR count). The smallest absolute Gasteiger partial charge is 0.150 e. The lowest BCUT2D eigenvalue weighted by Gasteiger charge is -2.24. The van der Waals surface area contributed by atoms with E-state index in [0.29, 0.717) is 6.04 Å². The molecular formula is C15H20N2O2. The maximum absolute atomic E-state index is 5.38. The molecule has 0 aliphatic heterocycles. The molecule has 0 N–H and O–H groups in total. The van der Waals surface area contributed by atoms with Gasteiger partial charge >= 0.3 is 0 Å². The molecular weight excluding hydrogens is 240 g/mol. The summed E-state index contributed by atoms with van der Waals surface area (Å²) in [6.45, 7) is 2.96. The molecule has 1 aromatic heterocycles. The molecule has 0 aliphatic rings. The fourth-order valence-corrected chi connectivity index (χ4v) is 2.07. The van der Waals surface area contributed by atoms with E-state index in [4.69, 9.17) is 9.26 Å². The summed E-state index contributed by atoms with van der Waals surface area (Å²) in [6.07, 6.45) is 2.61. The largest absolute Gasteiger partial charge is 0.496 e. The minimum Gasteiger partial charge on any atom is -0.496 e. The predicted octanol–water partition coefficient (Wildman–Crippen LogP) is 2.75. The molecule has 1 aromatic carbocycles. The average Bonchev–Trinajstić information content (AvgIpc) is 2.92. The summed E-state index contributed by atoms with van der Waals surface area (Å²) >= 11 is 0. The first-order valence-electron chi connectivity index (χ1n) is 6.42. The van der Waals surface area contributed by atoms with Crippen LogP contribution < -0.4 is 4.74 Å². The Bertz CT molecular complexity index is 497. The van der Waals surface area contributed by atoms with E-state index in [2.05, 4.69) is 30.1 Å². The van der Waals surface area contributed by atoms with Crippen molar-refractivity contribution in [2.45, 2.75) is 25.9 Å². The minimum atomic E-state index is 0.390. The third kappa shape index (κ3) is 3.58. The second-order valence-electron chi connectivity index (χ2n) is 4.76. The van der Waals surface area contributed by atoms with Gasteiger partial charge in [0.1, 0.15) is 5.75 Å². The van der Waals surface area contributed by atoms with Gasteiger partial charge in [0, 0.05) is 12.1 Å². The van der Waals surface area contributed by atoms with E-state index in [-0.39, 0.29) is 0 Å². The van der Waals surface area contributed by atoms with Gasteiger partial charge in [0.25, 0.3) is 0 Å². The van der Waals surface area contributed by atoms with Crippen LogP contribution in [-0.2, 0) is 13.0 Å². The monoisotopic (exact) mass is 260 g/mol. The first kappa shape index (κ1) is 13.6. The molecule has 102 valence electrons. The maximum atomic E-state index is 5.38. The number of hydrogen-bond acceptors (Lipinski definition) is 4. The summed E-state index contributed by atoms with van der Waals surface area (Å²) in [5.74, 6) is 1.83. The summed E-state index contributed by atoms with van der Waals surface area (Å²) in [4.78, 5) is 2.24. The number of rotatable bonds is 6. The fraction of sp³-hybridized carbons (Fsp3) is 0.400. The highest BCUT2D eigenvalue weighted by Crippen LogP contribution is 2.20. The standard InChI is InChI=1S/C15H20N2O2/c1-12(17(2)11-14-8-9-16-19-14)10-13-6-4-5-7-15(13)18-3/h4-9,12H,10-11H2,1-3H3/t12-/m1/s1. The van der Waals surface area contributed by atoms with E-state index in [0.717, 1.165) is 24.5 Å². The van der Waals surface area contributed by atoms with E-state index in [1.807, 2.05) is 24.3 Å². The van der Waals surface area contributed by atoms with Gasteiger partial charge in [-0.1, -0.05) is 23.4 Å². The topological polar surface area (TPSA) is 38.5 Å². The number of methoxy groups -OCH3 is 1. The molecule has 0 saturated carbocycles. The van der Waals surface area contributed by atoms with Crippen LogP contribution >= 0.6 is 0 Å². The Morgan fingerprint density at radius 3 is 2.79 bits per heavy atom. The van der Waals surface area contributed by atoms with Crippen LogP contribution in [0.4, 0.5) is 0 Å². The molecule has 4 nitrogen and oxygen atoms in total. The van der Waals surface area contributed by atoms with Gasteiger partial charge in [0.05, 0.1) is 19.9 Å². The second-order valence-corrected chi connectivity index (χ2v) is 4.76. The predicted molar refractivity (Wildman–Crippen MR) is 74.1 cm³/mol. The fourth-order valence-electron chi connectivity index (χ4n) is 2.07. The summed E-state index contributed by atoms with van der Waals surface area (Å²) in [5.41, 5.74) is 1.22. The quantitative estimate of drug-likeness (QED) is 0.800. The Kier molecular flexibility index (Phi) is 4.58. The first-order valence-corrected chi connectivity index (χ1v) is 6.42. The molecule has 0 spiro atoms. The number of benzene rings is 1. The molecule has 0 amide bonds. The van der Waals surface area contributed by atoms with Crippen molar-refractivity contribution in [2.24, 2.45) is 0 Å². The molecule has 0 aliphatic carbocycles. The van der Waals surface area contributed by atoms with Crippen LogP contribution in [0.1, 0.15) is 18.2 Å². The van der Waals surface area contributed by atoms with Crippen molar-refractivity contribution in [1.82, 2.24) is 10.1 Å². The lowest BCUT2D eigenvalue weighted by atomic mass is 10.1. The zero-order chi connectivity index (χ0) is 13.7. The Hall–Kier alpha value is -1.81. The van der Waals surface area contributed by atoms with Crippen LogP contribution in [-0.4, -0.2) is 30.3 Å². The van der Waals surface area contributed by atoms with Crippen molar-refractivity contribution in [2.75, 3.05) is 14.2 Å². The molecule has 1 heterocycles. The summed E-state index contributed by atoms with van der Waals surface area (Å²) in [7, 11) is 3.80. The van der Waals surface area contributed by atoms with Gasteiger partial charge < -0.3 is 9.26 Å². The first-order chi connectivity index (χ1) is 9.20. The lowest BCUT2D eigenvalue weighted by Crippen LogP contribution is -2.30. The number of para-hydroxylation sites is 1. The molecule has 0 saturated heterocycles. The zero-order valence-electron chi connectivity index (χ0n) is 11.7. The summed E-state index contributed by atoms with van der Waals surface area (Å²) < 4.78 is 10.5. The van der Waals surface area contributed by atoms with Crippen molar-refractivity contribution >= 4 is 0 Å². The molecule has 2 aromatic rings. The number of aromatic nitrogens is 1. The van der Waals surface area contributed by atoms with Crippen molar-refractivity contribution in [1.29, 1.82) is 0 Å². The van der Waals surface area contributed by atoms with E-state index < -0.39 is 0 Å². The third-order valence-electron chi connectivity index (χ3n) is 3.36. The van der Waals surface area contributed by atoms with Gasteiger partial charge in [0.2, 0.25) is 0 Å². The van der Waals surface area contributed by atoms with Gasteiger partial charge in [0.15, 0.2) is 5.76 Å². The SMILES string of the molecule is COc1ccccc1C[C@@H](C)N(C)Cc1ccno1. The summed E-state index contributed by atoms with van der Waals surface area (Å²) in [6, 6.07) is 10.4. The van der Waals surface area contributed by atoms with Gasteiger partial charge in [-0.25, -0.2) is 0 Å². The Labute approximate surface area is 114 Å². The molecule has 19 heavy (non-hydrogen) atoms. The second kappa shape index (κ2) is 6.38. The van der Waals surface area contributed by atoms with E-state index >= 15 is 0 Å². The van der Waals surface area contributed by atoms with Crippen molar-refractivity contribution in [3.05, 3.63) is 47.9 Å². The summed E-state index contributed by atoms with van der Waals surface area (Å²) in [5, 5.41) is 3.72. The van der Waals surface area contributed by atoms with Crippen LogP contribution in [0.2, 0.25) is 0 Å². The Balaban J connectivity index is 1.98. The Morgan fingerprint density at radius 1 is 1.32 bits per heavy atom. The molecule has 1 atom stereocenters. The van der Waals surface area contributed by atoms with Crippen LogP contribution in [0.15, 0.2) is 41.1 Å². The van der Waals surface area contributed by atoms with Gasteiger partial charge in [-0.05, 0) is 32.0 Å². The van der Waals surface area contributed by atoms with E-state index in [1.54, 1.807) is 13.3 Å². The number of nitrogens with zero attached hydrogens (tertiary/aromatic N) is 2. The third-order valence-corrected chi connectivity index (χ3v) is 3.36. The molecule has 4 heteroatoms. The van der Waals surface area contributed by atoms with Crippen LogP contribution in [0.25, 0.3) is 0 Å². The highest BCUT2D eigenvalue weighted by molar-refractivity contribution is 5.33. The highest BCUT2D eigenvalue weighted by atomic mass is 16.5. The lowest BCUT2D eigenvalue weighted by molar-refractivity contribution is 0.217. The molecule has 0 unspecified atom stereocenters. The van der Waals surface area contributed by atoms with E-state index in [9.17, 15) is 0 Å². The minimum absolute atomic E-state index is 0.390.